The Kier molecular flexibility index (Phi) is 2.75. The Morgan fingerprint density at radius 2 is 2.24 bits per heavy atom. The number of carboxylic acid groups (broad SMARTS) is 1. The standard InChI is InChI=1S/C12H14N2O3/c1-7-8(2)14-6-4-5-10(11(14)13-7)17-9(3)12(15)16/h4-6,9H,1-3H3,(H,15,16). The van der Waals surface area contributed by atoms with Gasteiger partial charge in [0.1, 0.15) is 0 Å². The van der Waals surface area contributed by atoms with Crippen LogP contribution in [0.25, 0.3) is 5.65 Å². The van der Waals surface area contributed by atoms with Crippen molar-refractivity contribution in [2.45, 2.75) is 26.9 Å². The summed E-state index contributed by atoms with van der Waals surface area (Å²) in [5, 5.41) is 8.82. The van der Waals surface area contributed by atoms with Crippen molar-refractivity contribution in [3.05, 3.63) is 29.7 Å². The molecule has 2 rings (SSSR count). The summed E-state index contributed by atoms with van der Waals surface area (Å²) in [7, 11) is 0. The van der Waals surface area contributed by atoms with Crippen LogP contribution in [-0.2, 0) is 4.79 Å². The van der Waals surface area contributed by atoms with Crippen molar-refractivity contribution in [1.82, 2.24) is 9.38 Å². The molecule has 0 aromatic carbocycles. The van der Waals surface area contributed by atoms with E-state index < -0.39 is 12.1 Å². The Hall–Kier alpha value is -2.04. The first-order valence-electron chi connectivity index (χ1n) is 5.34. The number of rotatable bonds is 3. The molecule has 0 aliphatic heterocycles. The number of imidazole rings is 1. The van der Waals surface area contributed by atoms with Crippen LogP contribution in [0.15, 0.2) is 18.3 Å². The number of hydrogen-bond donors (Lipinski definition) is 1. The second-order valence-corrected chi connectivity index (χ2v) is 3.95. The molecule has 2 aromatic heterocycles. The second kappa shape index (κ2) is 4.08. The highest BCUT2D eigenvalue weighted by molar-refractivity contribution is 5.72. The van der Waals surface area contributed by atoms with E-state index in [0.717, 1.165) is 11.4 Å². The van der Waals surface area contributed by atoms with Gasteiger partial charge < -0.3 is 14.2 Å². The number of aryl methyl sites for hydroxylation is 2. The lowest BCUT2D eigenvalue weighted by Gasteiger charge is -2.10. The van der Waals surface area contributed by atoms with Gasteiger partial charge in [-0.05, 0) is 32.9 Å². The highest BCUT2D eigenvalue weighted by Crippen LogP contribution is 2.22. The molecule has 0 aliphatic rings. The van der Waals surface area contributed by atoms with Crippen molar-refractivity contribution >= 4 is 11.6 Å². The molecule has 1 N–H and O–H groups in total. The first-order valence-corrected chi connectivity index (χ1v) is 5.34. The Morgan fingerprint density at radius 1 is 1.53 bits per heavy atom. The van der Waals surface area contributed by atoms with Gasteiger partial charge in [0.25, 0.3) is 0 Å². The predicted octanol–water partition coefficient (Wildman–Crippen LogP) is 1.80. The van der Waals surface area contributed by atoms with E-state index in [0.29, 0.717) is 11.4 Å². The van der Waals surface area contributed by atoms with Crippen molar-refractivity contribution in [2.75, 3.05) is 0 Å². The number of aromatic nitrogens is 2. The first kappa shape index (κ1) is 11.4. The Balaban J connectivity index is 2.48. The molecule has 2 aromatic rings. The summed E-state index contributed by atoms with van der Waals surface area (Å²) in [6.07, 6.45) is 0.988. The molecule has 0 aliphatic carbocycles. The van der Waals surface area contributed by atoms with E-state index in [1.165, 1.54) is 6.92 Å². The molecule has 0 spiro atoms. The van der Waals surface area contributed by atoms with Crippen LogP contribution in [0.5, 0.6) is 5.75 Å². The normalized spacial score (nSPS) is 12.6. The fourth-order valence-electron chi connectivity index (χ4n) is 1.61. The zero-order valence-corrected chi connectivity index (χ0v) is 9.97. The van der Waals surface area contributed by atoms with E-state index in [9.17, 15) is 4.79 Å². The number of fused-ring (bicyclic) bond motifs is 1. The van der Waals surface area contributed by atoms with Crippen molar-refractivity contribution in [3.8, 4) is 5.75 Å². The van der Waals surface area contributed by atoms with E-state index in [-0.39, 0.29) is 0 Å². The molecule has 0 saturated heterocycles. The minimum atomic E-state index is -0.994. The zero-order chi connectivity index (χ0) is 12.6. The summed E-state index contributed by atoms with van der Waals surface area (Å²) in [6, 6.07) is 3.53. The number of carbonyl (C=O) groups is 1. The topological polar surface area (TPSA) is 63.8 Å². The number of nitrogens with zero attached hydrogens (tertiary/aromatic N) is 2. The lowest BCUT2D eigenvalue weighted by atomic mass is 10.4. The van der Waals surface area contributed by atoms with Crippen LogP contribution >= 0.6 is 0 Å². The SMILES string of the molecule is Cc1nc2c(OC(C)C(=O)O)cccn2c1C. The van der Waals surface area contributed by atoms with Crippen LogP contribution in [0, 0.1) is 13.8 Å². The fraction of sp³-hybridized carbons (Fsp3) is 0.333. The van der Waals surface area contributed by atoms with Crippen molar-refractivity contribution in [1.29, 1.82) is 0 Å². The van der Waals surface area contributed by atoms with Crippen LogP contribution in [0.3, 0.4) is 0 Å². The van der Waals surface area contributed by atoms with Gasteiger partial charge in [-0.2, -0.15) is 0 Å². The monoisotopic (exact) mass is 234 g/mol. The largest absolute Gasteiger partial charge is 0.479 e. The maximum atomic E-state index is 10.8. The lowest BCUT2D eigenvalue weighted by Crippen LogP contribution is -2.23. The highest BCUT2D eigenvalue weighted by Gasteiger charge is 2.16. The summed E-state index contributed by atoms with van der Waals surface area (Å²) >= 11 is 0. The molecule has 1 unspecified atom stereocenters. The van der Waals surface area contributed by atoms with E-state index in [4.69, 9.17) is 9.84 Å². The Morgan fingerprint density at radius 3 is 2.88 bits per heavy atom. The lowest BCUT2D eigenvalue weighted by molar-refractivity contribution is -0.144. The van der Waals surface area contributed by atoms with Crippen molar-refractivity contribution < 1.29 is 14.6 Å². The van der Waals surface area contributed by atoms with Gasteiger partial charge in [-0.25, -0.2) is 9.78 Å². The van der Waals surface area contributed by atoms with Gasteiger partial charge in [0.05, 0.1) is 5.69 Å². The van der Waals surface area contributed by atoms with Crippen molar-refractivity contribution in [3.63, 3.8) is 0 Å². The summed E-state index contributed by atoms with van der Waals surface area (Å²) in [4.78, 5) is 15.1. The van der Waals surface area contributed by atoms with E-state index >= 15 is 0 Å². The first-order chi connectivity index (χ1) is 8.00. The quantitative estimate of drug-likeness (QED) is 0.879. The number of ether oxygens (including phenoxy) is 1. The van der Waals surface area contributed by atoms with Gasteiger partial charge in [0.15, 0.2) is 17.5 Å². The molecule has 2 heterocycles. The smallest absolute Gasteiger partial charge is 0.344 e. The third-order valence-corrected chi connectivity index (χ3v) is 2.74. The molecule has 0 radical (unpaired) electrons. The molecule has 90 valence electrons. The number of pyridine rings is 1. The maximum Gasteiger partial charge on any atom is 0.344 e. The summed E-state index contributed by atoms with van der Waals surface area (Å²) in [5.41, 5.74) is 2.58. The molecule has 0 fully saturated rings. The Bertz CT molecular complexity index is 574. The zero-order valence-electron chi connectivity index (χ0n) is 9.97. The summed E-state index contributed by atoms with van der Waals surface area (Å²) < 4.78 is 7.26. The third-order valence-electron chi connectivity index (χ3n) is 2.74. The fourth-order valence-corrected chi connectivity index (χ4v) is 1.61. The predicted molar refractivity (Wildman–Crippen MR) is 62.4 cm³/mol. The van der Waals surface area contributed by atoms with Gasteiger partial charge in [0, 0.05) is 11.9 Å². The van der Waals surface area contributed by atoms with E-state index in [1.54, 1.807) is 6.07 Å². The van der Waals surface area contributed by atoms with Crippen LogP contribution in [0.1, 0.15) is 18.3 Å². The number of hydrogen-bond acceptors (Lipinski definition) is 3. The average Bonchev–Trinajstić information content (AvgIpc) is 2.57. The van der Waals surface area contributed by atoms with Gasteiger partial charge >= 0.3 is 5.97 Å². The molecular weight excluding hydrogens is 220 g/mol. The molecule has 0 saturated carbocycles. The summed E-state index contributed by atoms with van der Waals surface area (Å²) in [6.45, 7) is 5.36. The van der Waals surface area contributed by atoms with Crippen molar-refractivity contribution in [2.24, 2.45) is 0 Å². The average molecular weight is 234 g/mol. The van der Waals surface area contributed by atoms with Crippen LogP contribution < -0.4 is 4.74 Å². The van der Waals surface area contributed by atoms with E-state index in [1.807, 2.05) is 30.5 Å². The summed E-state index contributed by atoms with van der Waals surface area (Å²) in [5.74, 6) is -0.509. The highest BCUT2D eigenvalue weighted by atomic mass is 16.5. The van der Waals surface area contributed by atoms with Gasteiger partial charge in [0.2, 0.25) is 0 Å². The molecule has 0 bridgehead atoms. The van der Waals surface area contributed by atoms with Gasteiger partial charge in [-0.3, -0.25) is 0 Å². The third kappa shape index (κ3) is 1.95. The molecule has 0 amide bonds. The molecule has 5 nitrogen and oxygen atoms in total. The molecule has 1 atom stereocenters. The van der Waals surface area contributed by atoms with Gasteiger partial charge in [-0.15, -0.1) is 0 Å². The second-order valence-electron chi connectivity index (χ2n) is 3.95. The number of carboxylic acids is 1. The Labute approximate surface area is 98.7 Å². The maximum absolute atomic E-state index is 10.8. The van der Waals surface area contributed by atoms with Crippen LogP contribution in [-0.4, -0.2) is 26.6 Å². The minimum absolute atomic E-state index is 0.485. The molecule has 5 heteroatoms. The minimum Gasteiger partial charge on any atom is -0.479 e. The van der Waals surface area contributed by atoms with Crippen LogP contribution in [0.2, 0.25) is 0 Å². The van der Waals surface area contributed by atoms with Gasteiger partial charge in [-0.1, -0.05) is 0 Å². The van der Waals surface area contributed by atoms with E-state index in [2.05, 4.69) is 4.98 Å². The van der Waals surface area contributed by atoms with Crippen LogP contribution in [0.4, 0.5) is 0 Å². The number of aliphatic carboxylic acids is 1. The molecular formula is C12H14N2O3. The molecule has 17 heavy (non-hydrogen) atoms.